The fraction of sp³-hybridized carbons (Fsp3) is 0.822. The van der Waals surface area contributed by atoms with Gasteiger partial charge >= 0.3 is 47.8 Å². The van der Waals surface area contributed by atoms with E-state index < -0.39 is 23.9 Å². The summed E-state index contributed by atoms with van der Waals surface area (Å²) in [6.45, 7) is 20.7. The highest BCUT2D eigenvalue weighted by Gasteiger charge is 2.69. The van der Waals surface area contributed by atoms with Gasteiger partial charge < -0.3 is 37.9 Å². The molecule has 0 aromatic rings. The Kier molecular flexibility index (Phi) is 22.3. The van der Waals surface area contributed by atoms with Gasteiger partial charge in [-0.05, 0) is 349 Å². The number of carbonyl (C=O) groups excluding carboxylic acids is 8. The first kappa shape index (κ1) is 76.1. The van der Waals surface area contributed by atoms with Crippen molar-refractivity contribution in [1.29, 1.82) is 0 Å². The van der Waals surface area contributed by atoms with E-state index in [1.165, 1.54) is 231 Å². The summed E-state index contributed by atoms with van der Waals surface area (Å²) in [5.74, 6) is 13.9. The van der Waals surface area contributed by atoms with Crippen molar-refractivity contribution >= 4 is 47.8 Å². The maximum absolute atomic E-state index is 12.8. The Morgan fingerprint density at radius 1 is 0.302 bits per heavy atom. The van der Waals surface area contributed by atoms with E-state index in [0.717, 1.165) is 83.2 Å². The van der Waals surface area contributed by atoms with Crippen molar-refractivity contribution in [2.24, 2.45) is 154 Å². The zero-order chi connectivity index (χ0) is 74.1. The zero-order valence-electron chi connectivity index (χ0n) is 64.8. The SMILES string of the molecule is C=C(C)C(=O)OCC(=O)OC1(C2CC3CCC2C3)C2CC3CC(C2)CC1C3.C=C(C)C(=O)OCC(=O)OC1(C2CCCC(C)C2)C2CC3CC(C2)CC1C3.C=CC(=O)OCC(=O)OC1(C2CC3CCC2C3)C2CC3CC(C2)CC1C3.C=CC(=O)OCC(=O)OC1(C2CCCC(C)C2)C2CC3CC(C2)CC1C3. The molecule has 16 heteroatoms. The van der Waals surface area contributed by atoms with Crippen LogP contribution in [0.15, 0.2) is 49.6 Å². The number of rotatable bonds is 20. The third-order valence-electron chi connectivity index (χ3n) is 32.9. The van der Waals surface area contributed by atoms with Crippen LogP contribution in [0.1, 0.15) is 259 Å². The van der Waals surface area contributed by atoms with E-state index in [1.54, 1.807) is 13.8 Å². The first-order chi connectivity index (χ1) is 50.9. The van der Waals surface area contributed by atoms with E-state index in [0.29, 0.717) is 94.0 Å². The van der Waals surface area contributed by atoms with Crippen LogP contribution in [0.5, 0.6) is 0 Å². The minimum absolute atomic E-state index is 0.273. The molecule has 0 spiro atoms. The number of ether oxygens (including phenoxy) is 8. The third-order valence-corrected chi connectivity index (χ3v) is 32.9. The van der Waals surface area contributed by atoms with Gasteiger partial charge in [-0.25, -0.2) is 38.4 Å². The summed E-state index contributed by atoms with van der Waals surface area (Å²) in [7, 11) is 0. The molecule has 0 aliphatic heterocycles. The Labute approximate surface area is 632 Å². The molecule has 0 heterocycles. The molecular formula is C90H128O16. The van der Waals surface area contributed by atoms with Gasteiger partial charge in [0.1, 0.15) is 22.4 Å². The van der Waals surface area contributed by atoms with Crippen LogP contribution in [0.3, 0.4) is 0 Å². The Hall–Kier alpha value is -5.28. The Morgan fingerprint density at radius 3 is 0.802 bits per heavy atom. The first-order valence-electron chi connectivity index (χ1n) is 43.0. The summed E-state index contributed by atoms with van der Waals surface area (Å²) >= 11 is 0. The molecule has 0 N–H and O–H groups in total. The normalized spacial score (nSPS) is 45.1. The molecule has 16 nitrogen and oxygen atoms in total. The van der Waals surface area contributed by atoms with E-state index in [4.69, 9.17) is 37.9 Å². The maximum Gasteiger partial charge on any atom is 0.344 e. The molecule has 10 unspecified atom stereocenters. The molecule has 22 fully saturated rings. The summed E-state index contributed by atoms with van der Waals surface area (Å²) in [5.41, 5.74) is -0.534. The maximum atomic E-state index is 12.8. The molecule has 106 heavy (non-hydrogen) atoms. The van der Waals surface area contributed by atoms with Gasteiger partial charge in [-0.15, -0.1) is 0 Å². The van der Waals surface area contributed by atoms with Crippen LogP contribution in [0.2, 0.25) is 0 Å². The predicted molar refractivity (Wildman–Crippen MR) is 397 cm³/mol. The fourth-order valence-corrected chi connectivity index (χ4v) is 30.3. The van der Waals surface area contributed by atoms with Crippen LogP contribution in [-0.4, -0.2) is 96.6 Å². The Bertz CT molecular complexity index is 3240. The number of carbonyl (C=O) groups is 8. The molecule has 0 amide bonds. The standard InChI is InChI=1S/C23H32O4.C23H34O4.C22H30O4.C22H32O4/c1-13(2)22(25)26-12-21(24)27-23(20-11-14-3-4-17(20)6-14)18-7-15-5-16(9-18)10-19(23)8-15;1-14(2)22(25)26-13-21(24)27-23(18-6-4-5-15(3)7-18)19-9-16-8-17(11-19)12-20(23)10-16;1-2-20(23)25-12-21(24)26-22(19-11-13-3-4-16(19)6-13)17-7-14-5-15(9-17)10-18(22)8-14;1-3-20(23)25-13-21(24)26-22(17-6-4-5-14(2)7-17)18-9-15-8-16(11-18)12-19(22)10-15/h14-20H,1,3-12H2,2H3;15-20H,1,4-13H2,2-3H3;2,13-19H,1,3-12H2;3,14-19H,1,4-13H2,2H3. The minimum atomic E-state index is -0.563. The molecule has 0 aromatic carbocycles. The highest BCUT2D eigenvalue weighted by Crippen LogP contribution is 2.70. The summed E-state index contributed by atoms with van der Waals surface area (Å²) in [6.07, 6.45) is 47.6. The minimum Gasteiger partial charge on any atom is -0.456 e. The van der Waals surface area contributed by atoms with Crippen molar-refractivity contribution in [1.82, 2.24) is 0 Å². The van der Waals surface area contributed by atoms with Crippen LogP contribution < -0.4 is 0 Å². The second-order valence-electron chi connectivity index (χ2n) is 39.4. The van der Waals surface area contributed by atoms with Gasteiger partial charge in [0.15, 0.2) is 26.4 Å². The average molecular weight is 1470 g/mol. The topological polar surface area (TPSA) is 210 Å². The van der Waals surface area contributed by atoms with E-state index in [9.17, 15) is 38.4 Å². The predicted octanol–water partition coefficient (Wildman–Crippen LogP) is 17.1. The van der Waals surface area contributed by atoms with Crippen molar-refractivity contribution in [3.05, 3.63) is 49.6 Å². The Morgan fingerprint density at radius 2 is 0.566 bits per heavy atom. The number of hydrogen-bond acceptors (Lipinski definition) is 16. The van der Waals surface area contributed by atoms with Gasteiger partial charge in [-0.2, -0.15) is 0 Å². The van der Waals surface area contributed by atoms with Crippen LogP contribution in [-0.2, 0) is 76.3 Å². The number of fused-ring (bicyclic) bond motifs is 4. The molecule has 22 aliphatic carbocycles. The largest absolute Gasteiger partial charge is 0.456 e. The molecule has 584 valence electrons. The first-order valence-corrected chi connectivity index (χ1v) is 43.0. The van der Waals surface area contributed by atoms with Gasteiger partial charge in [0.2, 0.25) is 0 Å². The van der Waals surface area contributed by atoms with Crippen LogP contribution in [0, 0.1) is 154 Å². The van der Waals surface area contributed by atoms with Gasteiger partial charge in [-0.1, -0.05) is 78.7 Å². The van der Waals surface area contributed by atoms with Crippen molar-refractivity contribution in [3.63, 3.8) is 0 Å². The highest BCUT2D eigenvalue weighted by molar-refractivity contribution is 5.89. The molecule has 22 rings (SSSR count). The van der Waals surface area contributed by atoms with Crippen molar-refractivity contribution in [2.75, 3.05) is 26.4 Å². The second kappa shape index (κ2) is 31.1. The lowest BCUT2D eigenvalue weighted by Gasteiger charge is -2.63. The fourth-order valence-electron chi connectivity index (χ4n) is 30.3. The van der Waals surface area contributed by atoms with Crippen LogP contribution in [0.4, 0.5) is 0 Å². The zero-order valence-corrected chi connectivity index (χ0v) is 64.8. The Balaban J connectivity index is 0.000000113. The van der Waals surface area contributed by atoms with E-state index in [-0.39, 0.29) is 72.7 Å². The molecule has 20 bridgehead atoms. The highest BCUT2D eigenvalue weighted by atomic mass is 16.6. The number of hydrogen-bond donors (Lipinski definition) is 0. The lowest BCUT2D eigenvalue weighted by Crippen LogP contribution is -2.64. The summed E-state index contributed by atoms with van der Waals surface area (Å²) in [4.78, 5) is 97.0. The van der Waals surface area contributed by atoms with Crippen molar-refractivity contribution in [3.8, 4) is 0 Å². The monoisotopic (exact) mass is 1460 g/mol. The van der Waals surface area contributed by atoms with Gasteiger partial charge in [0.25, 0.3) is 0 Å². The summed E-state index contributed by atoms with van der Waals surface area (Å²) < 4.78 is 45.7. The van der Waals surface area contributed by atoms with E-state index in [2.05, 4.69) is 40.2 Å². The van der Waals surface area contributed by atoms with Crippen LogP contribution in [0.25, 0.3) is 0 Å². The van der Waals surface area contributed by atoms with Crippen LogP contribution >= 0.6 is 0 Å². The molecule has 22 saturated carbocycles. The molecular weight excluding hydrogens is 1340 g/mol. The van der Waals surface area contributed by atoms with Gasteiger partial charge in [0, 0.05) is 35.1 Å². The van der Waals surface area contributed by atoms with Crippen molar-refractivity contribution < 1.29 is 76.3 Å². The quantitative estimate of drug-likeness (QED) is 0.0630. The van der Waals surface area contributed by atoms with Crippen molar-refractivity contribution in [2.45, 2.75) is 281 Å². The molecule has 22 aliphatic rings. The lowest BCUT2D eigenvalue weighted by molar-refractivity contribution is -0.237. The van der Waals surface area contributed by atoms with E-state index >= 15 is 0 Å². The van der Waals surface area contributed by atoms with E-state index in [1.807, 2.05) is 0 Å². The van der Waals surface area contributed by atoms with Gasteiger partial charge in [-0.3, -0.25) is 0 Å². The molecule has 0 saturated heterocycles. The second-order valence-corrected chi connectivity index (χ2v) is 39.4. The smallest absolute Gasteiger partial charge is 0.344 e. The molecule has 0 radical (unpaired) electrons. The molecule has 0 aromatic heterocycles. The third kappa shape index (κ3) is 14.8. The lowest BCUT2D eigenvalue weighted by atomic mass is 9.46. The van der Waals surface area contributed by atoms with Gasteiger partial charge in [0.05, 0.1) is 0 Å². The average Bonchev–Trinajstić information content (AvgIpc) is 1.03. The summed E-state index contributed by atoms with van der Waals surface area (Å²) in [5, 5.41) is 0. The molecule has 10 atom stereocenters. The number of esters is 8. The summed E-state index contributed by atoms with van der Waals surface area (Å²) in [6, 6.07) is 0.